The maximum absolute atomic E-state index is 13.0. The number of ketones is 1. The van der Waals surface area contributed by atoms with Crippen LogP contribution in [0.3, 0.4) is 0 Å². The molecule has 0 saturated heterocycles. The van der Waals surface area contributed by atoms with Gasteiger partial charge in [-0.3, -0.25) is 4.79 Å². The minimum Gasteiger partial charge on any atom is -0.378 e. The zero-order valence-corrected chi connectivity index (χ0v) is 16.6. The lowest BCUT2D eigenvalue weighted by Gasteiger charge is -2.23. The molecule has 4 nitrogen and oxygen atoms in total. The second kappa shape index (κ2) is 6.42. The van der Waals surface area contributed by atoms with Crippen molar-refractivity contribution in [3.05, 3.63) is 81.8 Å². The molecule has 0 spiro atoms. The number of hydrogen-bond donors (Lipinski definition) is 0. The highest BCUT2D eigenvalue weighted by molar-refractivity contribution is 7.87. The molecule has 2 aromatic carbocycles. The zero-order chi connectivity index (χ0) is 20.2. The van der Waals surface area contributed by atoms with Crippen LogP contribution in [0.2, 0.25) is 0 Å². The molecular weight excluding hydrogens is 384 g/mol. The Morgan fingerprint density at radius 3 is 2.62 bits per heavy atom. The molecule has 29 heavy (non-hydrogen) atoms. The molecule has 1 unspecified atom stereocenters. The van der Waals surface area contributed by atoms with Gasteiger partial charge >= 0.3 is 10.1 Å². The van der Waals surface area contributed by atoms with Gasteiger partial charge in [-0.1, -0.05) is 60.2 Å². The fourth-order valence-corrected chi connectivity index (χ4v) is 4.99. The molecule has 0 aromatic heterocycles. The van der Waals surface area contributed by atoms with Crippen molar-refractivity contribution in [1.29, 1.82) is 0 Å². The van der Waals surface area contributed by atoms with E-state index in [2.05, 4.69) is 0 Å². The monoisotopic (exact) mass is 402 g/mol. The first-order valence-electron chi connectivity index (χ1n) is 9.43. The van der Waals surface area contributed by atoms with E-state index in [1.165, 1.54) is 12.1 Å². The van der Waals surface area contributed by atoms with E-state index in [1.807, 2.05) is 49.5 Å². The van der Waals surface area contributed by atoms with E-state index in [0.29, 0.717) is 17.2 Å². The summed E-state index contributed by atoms with van der Waals surface area (Å²) in [4.78, 5) is 12.8. The highest BCUT2D eigenvalue weighted by atomic mass is 32.2. The van der Waals surface area contributed by atoms with Gasteiger partial charge in [-0.05, 0) is 41.5 Å². The van der Waals surface area contributed by atoms with Crippen molar-refractivity contribution in [2.75, 3.05) is 0 Å². The van der Waals surface area contributed by atoms with Crippen LogP contribution in [0.25, 0.3) is 23.8 Å². The van der Waals surface area contributed by atoms with Crippen molar-refractivity contribution in [2.45, 2.75) is 18.2 Å². The normalized spacial score (nSPS) is 18.9. The number of allylic oxidation sites excluding steroid dienone is 4. The summed E-state index contributed by atoms with van der Waals surface area (Å²) in [5.74, 6) is 0.0273. The molecule has 0 aliphatic heterocycles. The molecule has 5 rings (SSSR count). The maximum Gasteiger partial charge on any atom is 0.339 e. The number of Topliss-reactive ketones (excluding diaryl/α,β-unsaturated/α-hetero) is 1. The number of hydrogen-bond acceptors (Lipinski definition) is 4. The van der Waals surface area contributed by atoms with Crippen LogP contribution in [0, 0.1) is 12.8 Å². The Labute approximate surface area is 169 Å². The molecule has 0 bridgehead atoms. The van der Waals surface area contributed by atoms with Gasteiger partial charge in [0.2, 0.25) is 0 Å². The van der Waals surface area contributed by atoms with Gasteiger partial charge in [0.25, 0.3) is 0 Å². The second-order valence-electron chi connectivity index (χ2n) is 7.40. The van der Waals surface area contributed by atoms with Crippen LogP contribution in [0.5, 0.6) is 5.75 Å². The first-order valence-corrected chi connectivity index (χ1v) is 10.8. The van der Waals surface area contributed by atoms with Crippen LogP contribution in [-0.4, -0.2) is 14.2 Å². The smallest absolute Gasteiger partial charge is 0.339 e. The zero-order valence-electron chi connectivity index (χ0n) is 15.8. The van der Waals surface area contributed by atoms with Gasteiger partial charge in [0.1, 0.15) is 4.90 Å². The average Bonchev–Trinajstić information content (AvgIpc) is 3.16. The summed E-state index contributed by atoms with van der Waals surface area (Å²) >= 11 is 0. The van der Waals surface area contributed by atoms with Crippen molar-refractivity contribution >= 4 is 39.7 Å². The summed E-state index contributed by atoms with van der Waals surface area (Å²) < 4.78 is 31.6. The van der Waals surface area contributed by atoms with E-state index in [9.17, 15) is 13.2 Å². The van der Waals surface area contributed by atoms with Crippen LogP contribution in [-0.2, 0) is 14.9 Å². The largest absolute Gasteiger partial charge is 0.378 e. The number of carbonyl (C=O) groups excluding carboxylic acids is 1. The summed E-state index contributed by atoms with van der Waals surface area (Å²) in [5, 5.41) is 1.46. The summed E-state index contributed by atoms with van der Waals surface area (Å²) in [6, 6.07) is 8.24. The summed E-state index contributed by atoms with van der Waals surface area (Å²) in [5.41, 5.74) is 3.37. The van der Waals surface area contributed by atoms with Gasteiger partial charge < -0.3 is 4.18 Å². The van der Waals surface area contributed by atoms with Crippen molar-refractivity contribution < 1.29 is 17.4 Å². The Bertz CT molecular complexity index is 1370. The van der Waals surface area contributed by atoms with Gasteiger partial charge in [0.05, 0.1) is 0 Å². The molecule has 0 fully saturated rings. The Morgan fingerprint density at radius 1 is 1.03 bits per heavy atom. The van der Waals surface area contributed by atoms with E-state index in [1.54, 1.807) is 18.2 Å². The molecule has 3 aliphatic carbocycles. The summed E-state index contributed by atoms with van der Waals surface area (Å²) in [6.45, 7) is 1.89. The van der Waals surface area contributed by atoms with Crippen LogP contribution in [0.1, 0.15) is 23.1 Å². The number of fused-ring (bicyclic) bond motifs is 4. The Balaban J connectivity index is 1.77. The number of rotatable bonds is 3. The predicted molar refractivity (Wildman–Crippen MR) is 113 cm³/mol. The molecule has 0 radical (unpaired) electrons. The molecule has 3 aliphatic rings. The summed E-state index contributed by atoms with van der Waals surface area (Å²) in [7, 11) is -4.04. The standard InChI is InChI=1S/C24H18O4S/c1-15-8-11-18(12-9-15)29(26,27)28-22-14-17-5-2-6-19(17)20-13-10-16-4-3-7-21(25)23(16)24(20)22/h2-6,8-14,16H,7H2,1H3. The molecule has 1 atom stereocenters. The van der Waals surface area contributed by atoms with Crippen LogP contribution < -0.4 is 14.6 Å². The third-order valence-electron chi connectivity index (χ3n) is 5.47. The third kappa shape index (κ3) is 2.89. The first-order chi connectivity index (χ1) is 13.9. The quantitative estimate of drug-likeness (QED) is 0.585. The molecule has 2 aromatic rings. The fourth-order valence-electron chi connectivity index (χ4n) is 4.05. The van der Waals surface area contributed by atoms with Crippen LogP contribution >= 0.6 is 0 Å². The number of carbonyl (C=O) groups is 1. The minimum absolute atomic E-state index is 0.00779. The lowest BCUT2D eigenvalue weighted by molar-refractivity contribution is -0.113. The highest BCUT2D eigenvalue weighted by Gasteiger charge is 2.28. The van der Waals surface area contributed by atoms with Crippen molar-refractivity contribution in [1.82, 2.24) is 0 Å². The van der Waals surface area contributed by atoms with Gasteiger partial charge in [-0.25, -0.2) is 0 Å². The molecule has 5 heteroatoms. The van der Waals surface area contributed by atoms with Crippen molar-refractivity contribution in [3.63, 3.8) is 0 Å². The molecule has 0 amide bonds. The second-order valence-corrected chi connectivity index (χ2v) is 8.94. The lowest BCUT2D eigenvalue weighted by atomic mass is 9.81. The fraction of sp³-hybridized carbons (Fsp3) is 0.125. The third-order valence-corrected chi connectivity index (χ3v) is 6.72. The number of aryl methyl sites for hydroxylation is 1. The first kappa shape index (κ1) is 17.9. The van der Waals surface area contributed by atoms with Crippen molar-refractivity contribution in [2.24, 2.45) is 5.92 Å². The van der Waals surface area contributed by atoms with Crippen molar-refractivity contribution in [3.8, 4) is 5.75 Å². The lowest BCUT2D eigenvalue weighted by Crippen LogP contribution is -2.31. The number of benzene rings is 2. The SMILES string of the molecule is Cc1ccc(S(=O)(=O)Oc2cc3c(c4c2=C2C(=O)CC=CC2C=C4)C=CC=3)cc1. The van der Waals surface area contributed by atoms with Gasteiger partial charge in [0, 0.05) is 23.1 Å². The van der Waals surface area contributed by atoms with E-state index in [4.69, 9.17) is 4.18 Å². The van der Waals surface area contributed by atoms with E-state index >= 15 is 0 Å². The van der Waals surface area contributed by atoms with E-state index < -0.39 is 10.1 Å². The maximum atomic E-state index is 13.0. The molecule has 144 valence electrons. The Hall–Kier alpha value is -3.18. The minimum atomic E-state index is -4.04. The predicted octanol–water partition coefficient (Wildman–Crippen LogP) is 2.89. The molecule has 0 saturated carbocycles. The summed E-state index contributed by atoms with van der Waals surface area (Å²) in [6.07, 6.45) is 13.9. The molecular formula is C24H18O4S. The van der Waals surface area contributed by atoms with Gasteiger partial charge in [0.15, 0.2) is 11.5 Å². The van der Waals surface area contributed by atoms with E-state index in [-0.39, 0.29) is 22.3 Å². The van der Waals surface area contributed by atoms with Crippen LogP contribution in [0.4, 0.5) is 0 Å². The van der Waals surface area contributed by atoms with Crippen LogP contribution in [0.15, 0.2) is 59.5 Å². The Morgan fingerprint density at radius 2 is 1.83 bits per heavy atom. The van der Waals surface area contributed by atoms with E-state index in [0.717, 1.165) is 21.9 Å². The molecule has 0 heterocycles. The highest BCUT2D eigenvalue weighted by Crippen LogP contribution is 2.30. The van der Waals surface area contributed by atoms with Gasteiger partial charge in [-0.15, -0.1) is 0 Å². The van der Waals surface area contributed by atoms with Gasteiger partial charge in [-0.2, -0.15) is 8.42 Å². The average molecular weight is 402 g/mol. The Kier molecular flexibility index (Phi) is 3.96. The topological polar surface area (TPSA) is 60.4 Å². The molecule has 0 N–H and O–H groups in total.